The summed E-state index contributed by atoms with van der Waals surface area (Å²) in [5, 5.41) is 2.35. The van der Waals surface area contributed by atoms with Crippen molar-refractivity contribution in [1.29, 1.82) is 0 Å². The third kappa shape index (κ3) is 4.41. The largest absolute Gasteiger partial charge is 0.465 e. The highest BCUT2D eigenvalue weighted by atomic mass is 35.5. The van der Waals surface area contributed by atoms with Crippen LogP contribution in [0.1, 0.15) is 15.2 Å². The van der Waals surface area contributed by atoms with E-state index in [1.165, 1.54) is 11.4 Å². The van der Waals surface area contributed by atoms with Gasteiger partial charge in [-0.05, 0) is 30.7 Å². The number of sulfonamides is 1. The molecule has 0 radical (unpaired) electrons. The molecule has 2 heterocycles. The molecule has 0 bridgehead atoms. The number of esters is 1. The Bertz CT molecular complexity index is 1230. The Morgan fingerprint density at radius 2 is 1.75 bits per heavy atom. The van der Waals surface area contributed by atoms with E-state index in [4.69, 9.17) is 16.3 Å². The highest BCUT2D eigenvalue weighted by Crippen LogP contribution is 2.38. The Morgan fingerprint density at radius 3 is 2.38 bits per heavy atom. The average molecular weight is 491 g/mol. The molecule has 0 spiro atoms. The monoisotopic (exact) mass is 490 g/mol. The first-order valence-electron chi connectivity index (χ1n) is 10.1. The van der Waals surface area contributed by atoms with E-state index in [-0.39, 0.29) is 9.77 Å². The Morgan fingerprint density at radius 1 is 1.06 bits per heavy atom. The number of thiophene rings is 1. The van der Waals surface area contributed by atoms with Crippen LogP contribution in [-0.4, -0.2) is 52.0 Å². The molecule has 1 aliphatic heterocycles. The van der Waals surface area contributed by atoms with Gasteiger partial charge in [0.2, 0.25) is 10.0 Å². The summed E-state index contributed by atoms with van der Waals surface area (Å²) in [6.07, 6.45) is 0. The molecule has 0 amide bonds. The number of hydrogen-bond acceptors (Lipinski definition) is 6. The maximum atomic E-state index is 13.7. The minimum atomic E-state index is -3.92. The fourth-order valence-corrected chi connectivity index (χ4v) is 7.04. The van der Waals surface area contributed by atoms with Crippen molar-refractivity contribution in [3.05, 3.63) is 69.4 Å². The van der Waals surface area contributed by atoms with Gasteiger partial charge in [-0.1, -0.05) is 47.5 Å². The van der Waals surface area contributed by atoms with E-state index >= 15 is 0 Å². The zero-order valence-corrected chi connectivity index (χ0v) is 20.1. The number of ether oxygens (including phenoxy) is 1. The Balaban J connectivity index is 1.67. The van der Waals surface area contributed by atoms with Crippen LogP contribution in [0.2, 0.25) is 5.02 Å². The molecular formula is C23H23ClN2O4S2. The van der Waals surface area contributed by atoms with Crippen LogP contribution >= 0.6 is 22.9 Å². The number of halogens is 1. The number of aryl methyl sites for hydroxylation is 1. The summed E-state index contributed by atoms with van der Waals surface area (Å²) < 4.78 is 33.8. The molecule has 1 fully saturated rings. The molecule has 3 aromatic rings. The van der Waals surface area contributed by atoms with Crippen LogP contribution in [0.3, 0.4) is 0 Å². The van der Waals surface area contributed by atoms with Crippen LogP contribution in [-0.2, 0) is 14.8 Å². The van der Waals surface area contributed by atoms with Crippen LogP contribution in [0, 0.1) is 6.92 Å². The SMILES string of the molecule is COC(=O)c1scc(-c2ccc(C)cc2)c1S(=O)(=O)N1CCN(c2cccc(Cl)c2)CC1. The van der Waals surface area contributed by atoms with Crippen LogP contribution in [0.25, 0.3) is 11.1 Å². The smallest absolute Gasteiger partial charge is 0.349 e. The lowest BCUT2D eigenvalue weighted by atomic mass is 10.1. The summed E-state index contributed by atoms with van der Waals surface area (Å²) in [7, 11) is -2.66. The second-order valence-corrected chi connectivity index (χ2v) is 10.7. The van der Waals surface area contributed by atoms with E-state index in [0.29, 0.717) is 36.8 Å². The molecule has 2 aromatic carbocycles. The number of hydrogen-bond donors (Lipinski definition) is 0. The molecule has 0 atom stereocenters. The molecule has 0 N–H and O–H groups in total. The number of nitrogens with zero attached hydrogens (tertiary/aromatic N) is 2. The van der Waals surface area contributed by atoms with Crippen molar-refractivity contribution in [2.24, 2.45) is 0 Å². The molecule has 1 saturated heterocycles. The van der Waals surface area contributed by atoms with Crippen molar-refractivity contribution in [3.8, 4) is 11.1 Å². The molecule has 0 aliphatic carbocycles. The normalized spacial score (nSPS) is 15.0. The van der Waals surface area contributed by atoms with Gasteiger partial charge in [0.25, 0.3) is 0 Å². The highest BCUT2D eigenvalue weighted by molar-refractivity contribution is 7.89. The van der Waals surface area contributed by atoms with Crippen molar-refractivity contribution in [1.82, 2.24) is 4.31 Å². The van der Waals surface area contributed by atoms with Crippen molar-refractivity contribution in [3.63, 3.8) is 0 Å². The summed E-state index contributed by atoms with van der Waals surface area (Å²) in [4.78, 5) is 14.6. The number of carbonyl (C=O) groups is 1. The summed E-state index contributed by atoms with van der Waals surface area (Å²) in [5.74, 6) is -0.649. The van der Waals surface area contributed by atoms with Gasteiger partial charge in [-0.25, -0.2) is 13.2 Å². The Kier molecular flexibility index (Phi) is 6.57. The third-order valence-electron chi connectivity index (χ3n) is 5.49. The van der Waals surface area contributed by atoms with Gasteiger partial charge in [0, 0.05) is 47.8 Å². The van der Waals surface area contributed by atoms with Crippen molar-refractivity contribution in [2.45, 2.75) is 11.8 Å². The maximum absolute atomic E-state index is 13.7. The lowest BCUT2D eigenvalue weighted by Gasteiger charge is -2.35. The molecule has 168 valence electrons. The number of rotatable bonds is 5. The Labute approximate surface area is 197 Å². The minimum Gasteiger partial charge on any atom is -0.465 e. The highest BCUT2D eigenvalue weighted by Gasteiger charge is 2.36. The predicted octanol–water partition coefficient (Wildman–Crippen LogP) is 4.67. The molecule has 0 saturated carbocycles. The standard InChI is InChI=1S/C23H23ClN2O4S2/c1-16-6-8-17(9-7-16)20-15-31-21(23(27)30-2)22(20)32(28,29)26-12-10-25(11-13-26)19-5-3-4-18(24)14-19/h3-9,14-15H,10-13H2,1-2H3. The molecule has 4 rings (SSSR count). The van der Waals surface area contributed by atoms with E-state index in [9.17, 15) is 13.2 Å². The first-order chi connectivity index (χ1) is 15.3. The quantitative estimate of drug-likeness (QED) is 0.486. The van der Waals surface area contributed by atoms with Crippen molar-refractivity contribution >= 4 is 44.6 Å². The van der Waals surface area contributed by atoms with E-state index in [2.05, 4.69) is 4.90 Å². The summed E-state index contributed by atoms with van der Waals surface area (Å²) in [6.45, 7) is 3.62. The molecule has 1 aromatic heterocycles. The van der Waals surface area contributed by atoms with Gasteiger partial charge < -0.3 is 9.64 Å². The van der Waals surface area contributed by atoms with Gasteiger partial charge in [-0.15, -0.1) is 11.3 Å². The number of methoxy groups -OCH3 is 1. The lowest BCUT2D eigenvalue weighted by Crippen LogP contribution is -2.48. The Hall–Kier alpha value is -2.39. The van der Waals surface area contributed by atoms with Crippen LogP contribution < -0.4 is 4.90 Å². The number of piperazine rings is 1. The first kappa shape index (κ1) is 22.8. The summed E-state index contributed by atoms with van der Waals surface area (Å²) in [6, 6.07) is 15.1. The molecule has 1 aliphatic rings. The van der Waals surface area contributed by atoms with Gasteiger partial charge in [0.05, 0.1) is 7.11 Å². The molecule has 6 nitrogen and oxygen atoms in total. The zero-order chi connectivity index (χ0) is 22.9. The minimum absolute atomic E-state index is 0.0226. The molecule has 32 heavy (non-hydrogen) atoms. The first-order valence-corrected chi connectivity index (χ1v) is 12.8. The van der Waals surface area contributed by atoms with E-state index < -0.39 is 16.0 Å². The number of benzene rings is 2. The average Bonchev–Trinajstić information content (AvgIpc) is 3.25. The van der Waals surface area contributed by atoms with E-state index in [0.717, 1.165) is 28.2 Å². The van der Waals surface area contributed by atoms with Gasteiger partial charge >= 0.3 is 5.97 Å². The fraction of sp³-hybridized carbons (Fsp3) is 0.261. The second-order valence-electron chi connectivity index (χ2n) is 7.54. The number of anilines is 1. The fourth-order valence-electron chi connectivity index (χ4n) is 3.76. The topological polar surface area (TPSA) is 66.9 Å². The molecule has 9 heteroatoms. The van der Waals surface area contributed by atoms with E-state index in [1.807, 2.05) is 55.5 Å². The molecular weight excluding hydrogens is 468 g/mol. The van der Waals surface area contributed by atoms with Crippen molar-refractivity contribution in [2.75, 3.05) is 38.2 Å². The summed E-state index contributed by atoms with van der Waals surface area (Å²) in [5.41, 5.74) is 3.30. The van der Waals surface area contributed by atoms with E-state index in [1.54, 1.807) is 5.38 Å². The summed E-state index contributed by atoms with van der Waals surface area (Å²) >= 11 is 7.20. The van der Waals surface area contributed by atoms with Gasteiger partial charge in [0.15, 0.2) is 0 Å². The predicted molar refractivity (Wildman–Crippen MR) is 128 cm³/mol. The van der Waals surface area contributed by atoms with Gasteiger partial charge in [-0.2, -0.15) is 4.31 Å². The third-order valence-corrected chi connectivity index (χ3v) is 8.80. The maximum Gasteiger partial charge on any atom is 0.349 e. The number of carbonyl (C=O) groups excluding carboxylic acids is 1. The van der Waals surface area contributed by atoms with Crippen LogP contribution in [0.15, 0.2) is 58.8 Å². The second kappa shape index (κ2) is 9.23. The van der Waals surface area contributed by atoms with Crippen LogP contribution in [0.5, 0.6) is 0 Å². The van der Waals surface area contributed by atoms with Crippen molar-refractivity contribution < 1.29 is 17.9 Å². The molecule has 0 unspecified atom stereocenters. The van der Waals surface area contributed by atoms with Gasteiger partial charge in [-0.3, -0.25) is 0 Å². The zero-order valence-electron chi connectivity index (χ0n) is 17.7. The van der Waals surface area contributed by atoms with Crippen LogP contribution in [0.4, 0.5) is 5.69 Å². The lowest BCUT2D eigenvalue weighted by molar-refractivity contribution is 0.0602. The van der Waals surface area contributed by atoms with Gasteiger partial charge in [0.1, 0.15) is 9.77 Å².